The predicted molar refractivity (Wildman–Crippen MR) is 333 cm³/mol. The Labute approximate surface area is 480 Å². The van der Waals surface area contributed by atoms with E-state index >= 15 is 0 Å². The number of ether oxygens (including phenoxy) is 1. The highest BCUT2D eigenvalue weighted by Gasteiger charge is 2.30. The Morgan fingerprint density at radius 2 is 0.740 bits per heavy atom. The van der Waals surface area contributed by atoms with Gasteiger partial charge in [-0.15, -0.1) is 0 Å². The smallest absolute Gasteiger partial charge is 0.456 e. The zero-order valence-electron chi connectivity index (χ0n) is 52.5. The second-order valence-electron chi connectivity index (χ2n) is 24.7. The number of hydrogen-bond acceptors (Lipinski definition) is 6. The maximum Gasteiger partial charge on any atom is 0.472 e. The molecule has 10 heteroatoms. The summed E-state index contributed by atoms with van der Waals surface area (Å²) in [5.41, 5.74) is 0. The highest BCUT2D eigenvalue weighted by Crippen LogP contribution is 2.43. The van der Waals surface area contributed by atoms with Gasteiger partial charge in [0.05, 0.1) is 33.8 Å². The van der Waals surface area contributed by atoms with Crippen LogP contribution in [-0.2, 0) is 27.9 Å². The van der Waals surface area contributed by atoms with Crippen LogP contribution in [0.3, 0.4) is 0 Å². The summed E-state index contributed by atoms with van der Waals surface area (Å²) in [7, 11) is 1.52. The van der Waals surface area contributed by atoms with Crippen molar-refractivity contribution >= 4 is 19.7 Å². The van der Waals surface area contributed by atoms with E-state index in [4.69, 9.17) is 13.8 Å². The summed E-state index contributed by atoms with van der Waals surface area (Å²) >= 11 is 0. The average molecular weight is 1110 g/mol. The van der Waals surface area contributed by atoms with Crippen LogP contribution in [-0.4, -0.2) is 74.3 Å². The lowest BCUT2D eigenvalue weighted by molar-refractivity contribution is -0.870. The molecule has 77 heavy (non-hydrogen) atoms. The third-order valence-electron chi connectivity index (χ3n) is 15.7. The predicted octanol–water partition coefficient (Wildman–Crippen LogP) is 21.1. The second-order valence-corrected chi connectivity index (χ2v) is 26.2. The van der Waals surface area contributed by atoms with Crippen LogP contribution in [0.25, 0.3) is 0 Å². The van der Waals surface area contributed by atoms with Crippen LogP contribution in [0.5, 0.6) is 0 Å². The molecule has 0 aromatic rings. The molecule has 0 aliphatic heterocycles. The van der Waals surface area contributed by atoms with Gasteiger partial charge in [0, 0.05) is 12.8 Å². The lowest BCUT2D eigenvalue weighted by Gasteiger charge is -2.27. The number of esters is 1. The Morgan fingerprint density at radius 1 is 0.442 bits per heavy atom. The molecule has 0 aliphatic rings. The van der Waals surface area contributed by atoms with Crippen LogP contribution in [0.4, 0.5) is 0 Å². The first-order valence-corrected chi connectivity index (χ1v) is 35.5. The maximum absolute atomic E-state index is 13.6. The number of phosphoric acid groups is 1. The van der Waals surface area contributed by atoms with Crippen molar-refractivity contribution in [2.24, 2.45) is 0 Å². The zero-order chi connectivity index (χ0) is 56.4. The molecular weight excluding hydrogens is 976 g/mol. The van der Waals surface area contributed by atoms with Crippen molar-refractivity contribution in [3.8, 4) is 0 Å². The van der Waals surface area contributed by atoms with Gasteiger partial charge in [0.1, 0.15) is 19.3 Å². The van der Waals surface area contributed by atoms with E-state index in [1.54, 1.807) is 0 Å². The Balaban J connectivity index is 5.05. The second kappa shape index (κ2) is 58.0. The minimum Gasteiger partial charge on any atom is -0.456 e. The van der Waals surface area contributed by atoms with Crippen molar-refractivity contribution in [1.29, 1.82) is 0 Å². The number of carbonyl (C=O) groups is 2. The van der Waals surface area contributed by atoms with E-state index in [0.29, 0.717) is 23.9 Å². The zero-order valence-corrected chi connectivity index (χ0v) is 53.4. The first-order valence-electron chi connectivity index (χ1n) is 34.0. The van der Waals surface area contributed by atoms with Crippen molar-refractivity contribution in [1.82, 2.24) is 5.32 Å². The molecule has 3 atom stereocenters. The molecule has 0 aromatic heterocycles. The van der Waals surface area contributed by atoms with Gasteiger partial charge < -0.3 is 19.4 Å². The fourth-order valence-corrected chi connectivity index (χ4v) is 11.2. The summed E-state index contributed by atoms with van der Waals surface area (Å²) in [6.07, 6.45) is 67.9. The van der Waals surface area contributed by atoms with Crippen molar-refractivity contribution < 1.29 is 37.3 Å². The van der Waals surface area contributed by atoms with Gasteiger partial charge in [0.25, 0.3) is 0 Å². The van der Waals surface area contributed by atoms with Crippen molar-refractivity contribution in [3.05, 3.63) is 12.2 Å². The SMILES string of the molecule is CCCCCCCCCCC/C=C/C(OC(=O)CCCCCCCCCCCCCCCCCCCCC)C(COP(=O)(O)OCC[N+](C)(C)C)NC(=O)CCCCCCCCCCCCCCCCCCCCCCC. The van der Waals surface area contributed by atoms with E-state index in [-0.39, 0.29) is 25.1 Å². The molecule has 0 saturated carbocycles. The maximum atomic E-state index is 13.6. The van der Waals surface area contributed by atoms with Crippen molar-refractivity contribution in [3.63, 3.8) is 0 Å². The standard InChI is InChI=1S/C67H133N2O7P/c1-7-10-13-16-19-22-25-27-29-31-33-34-36-37-39-41-44-47-50-53-56-59-66(70)68-64(63-75-77(72,73)74-62-61-69(4,5)6)65(58-55-52-49-46-43-24-21-18-15-12-9-3)76-67(71)60-57-54-51-48-45-42-40-38-35-32-30-28-26-23-20-17-14-11-8-2/h55,58,64-65H,7-54,56-57,59-63H2,1-6H3,(H-,68,70,72,73)/p+1/b58-55+. The largest absolute Gasteiger partial charge is 0.472 e. The summed E-state index contributed by atoms with van der Waals surface area (Å²) in [5.74, 6) is -0.480. The van der Waals surface area contributed by atoms with E-state index in [9.17, 15) is 19.0 Å². The number of phosphoric ester groups is 1. The fraction of sp³-hybridized carbons (Fsp3) is 0.940. The van der Waals surface area contributed by atoms with Gasteiger partial charge in [0.15, 0.2) is 0 Å². The molecular formula is C67H134N2O7P+. The molecule has 2 N–H and O–H groups in total. The van der Waals surface area contributed by atoms with Crippen molar-refractivity contribution in [2.75, 3.05) is 40.9 Å². The van der Waals surface area contributed by atoms with Gasteiger partial charge >= 0.3 is 13.8 Å². The number of carbonyl (C=O) groups excluding carboxylic acids is 2. The number of hydrogen-bond donors (Lipinski definition) is 2. The summed E-state index contributed by atoms with van der Waals surface area (Å²) < 4.78 is 30.8. The van der Waals surface area contributed by atoms with Gasteiger partial charge in [-0.05, 0) is 31.8 Å². The van der Waals surface area contributed by atoms with E-state index in [1.165, 1.54) is 263 Å². The fourth-order valence-electron chi connectivity index (χ4n) is 10.5. The van der Waals surface area contributed by atoms with Crippen LogP contribution < -0.4 is 5.32 Å². The van der Waals surface area contributed by atoms with Crippen molar-refractivity contribution in [2.45, 2.75) is 367 Å². The van der Waals surface area contributed by atoms with Gasteiger partial charge in [-0.2, -0.15) is 0 Å². The molecule has 458 valence electrons. The highest BCUT2D eigenvalue weighted by atomic mass is 31.2. The quantitative estimate of drug-likeness (QED) is 0.0205. The number of allylic oxidation sites excluding steroid dienone is 1. The molecule has 1 amide bonds. The van der Waals surface area contributed by atoms with E-state index < -0.39 is 20.0 Å². The van der Waals surface area contributed by atoms with Gasteiger partial charge in [-0.25, -0.2) is 4.57 Å². The van der Waals surface area contributed by atoms with E-state index in [1.807, 2.05) is 33.3 Å². The molecule has 3 unspecified atom stereocenters. The lowest BCUT2D eigenvalue weighted by atomic mass is 10.0. The molecule has 0 aromatic carbocycles. The van der Waals surface area contributed by atoms with Crippen LogP contribution in [0, 0.1) is 0 Å². The number of quaternary nitrogens is 1. The minimum atomic E-state index is -4.44. The topological polar surface area (TPSA) is 111 Å². The van der Waals surface area contributed by atoms with Crippen LogP contribution in [0.15, 0.2) is 12.2 Å². The van der Waals surface area contributed by atoms with Crippen LogP contribution in [0.2, 0.25) is 0 Å². The van der Waals surface area contributed by atoms with Crippen LogP contribution >= 0.6 is 7.82 Å². The molecule has 0 spiro atoms. The highest BCUT2D eigenvalue weighted by molar-refractivity contribution is 7.47. The number of nitrogens with one attached hydrogen (secondary N) is 1. The number of nitrogens with zero attached hydrogens (tertiary/aromatic N) is 1. The Bertz CT molecular complexity index is 1320. The summed E-state index contributed by atoms with van der Waals surface area (Å²) in [6, 6.07) is -0.840. The van der Waals surface area contributed by atoms with Crippen LogP contribution in [0.1, 0.15) is 355 Å². The first kappa shape index (κ1) is 75.8. The molecule has 0 fully saturated rings. The van der Waals surface area contributed by atoms with Gasteiger partial charge in [0.2, 0.25) is 5.91 Å². The Morgan fingerprint density at radius 3 is 1.06 bits per heavy atom. The number of likely N-dealkylation sites (N-methyl/N-ethyl adjacent to an activating group) is 1. The number of amides is 1. The monoisotopic (exact) mass is 1110 g/mol. The summed E-state index contributed by atoms with van der Waals surface area (Å²) in [5, 5.41) is 3.07. The van der Waals surface area contributed by atoms with Gasteiger partial charge in [-0.3, -0.25) is 18.6 Å². The van der Waals surface area contributed by atoms with E-state index in [2.05, 4.69) is 26.1 Å². The molecule has 0 aliphatic carbocycles. The Kier molecular flexibility index (Phi) is 57.0. The summed E-state index contributed by atoms with van der Waals surface area (Å²) in [6.45, 7) is 7.08. The molecule has 0 rings (SSSR count). The minimum absolute atomic E-state index is 0.0459. The number of rotatable bonds is 63. The number of unbranched alkanes of at least 4 members (excludes halogenated alkanes) is 47. The third kappa shape index (κ3) is 59.2. The first-order chi connectivity index (χ1) is 37.4. The molecule has 0 heterocycles. The van der Waals surface area contributed by atoms with Gasteiger partial charge in [-0.1, -0.05) is 322 Å². The lowest BCUT2D eigenvalue weighted by Crippen LogP contribution is -2.47. The molecule has 0 bridgehead atoms. The third-order valence-corrected chi connectivity index (χ3v) is 16.7. The molecule has 0 saturated heterocycles. The van der Waals surface area contributed by atoms with E-state index in [0.717, 1.165) is 57.8 Å². The molecule has 0 radical (unpaired) electrons. The normalized spacial score (nSPS) is 13.6. The Hall–Kier alpha value is -1.25. The summed E-state index contributed by atoms with van der Waals surface area (Å²) in [4.78, 5) is 37.8. The molecule has 9 nitrogen and oxygen atoms in total. The average Bonchev–Trinajstić information content (AvgIpc) is 3.39.